The van der Waals surface area contributed by atoms with E-state index in [9.17, 15) is 4.79 Å². The van der Waals surface area contributed by atoms with Crippen LogP contribution in [0.5, 0.6) is 0 Å². The number of hydrogen-bond donors (Lipinski definition) is 3. The predicted octanol–water partition coefficient (Wildman–Crippen LogP) is 2.30. The minimum atomic E-state index is -0.326. The molecule has 3 aromatic rings. The number of anilines is 1. The molecule has 3 rings (SSSR count). The Balaban J connectivity index is 1.66. The second-order valence-corrected chi connectivity index (χ2v) is 5.21. The monoisotopic (exact) mass is 288 g/mol. The molecule has 2 heterocycles. The van der Waals surface area contributed by atoms with Crippen LogP contribution >= 0.6 is 11.3 Å². The number of nitrogens with zero attached hydrogens (tertiary/aromatic N) is 3. The zero-order valence-electron chi connectivity index (χ0n) is 10.6. The van der Waals surface area contributed by atoms with E-state index in [2.05, 4.69) is 30.8 Å². The highest BCUT2D eigenvalue weighted by molar-refractivity contribution is 7.22. The number of hydrogen-bond acceptors (Lipinski definition) is 5. The number of nitrogens with one attached hydrogen (secondary N) is 3. The topological polar surface area (TPSA) is 95.6 Å². The Bertz CT molecular complexity index is 689. The maximum Gasteiger partial charge on any atom is 0.321 e. The average Bonchev–Trinajstić information content (AvgIpc) is 3.07. The minimum Gasteiger partial charge on any atom is -0.328 e. The van der Waals surface area contributed by atoms with E-state index in [0.29, 0.717) is 11.0 Å². The molecule has 0 aliphatic carbocycles. The number of fused-ring (bicyclic) bond motifs is 1. The highest BCUT2D eigenvalue weighted by Gasteiger charge is 2.13. The van der Waals surface area contributed by atoms with Crippen molar-refractivity contribution in [3.05, 3.63) is 36.4 Å². The molecule has 8 heteroatoms. The lowest BCUT2D eigenvalue weighted by Crippen LogP contribution is -2.31. The normalized spacial score (nSPS) is 12.2. The first-order chi connectivity index (χ1) is 9.72. The molecule has 2 aromatic heterocycles. The number of aromatic nitrogens is 4. The number of rotatable bonds is 3. The fourth-order valence-electron chi connectivity index (χ4n) is 1.75. The first-order valence-corrected chi connectivity index (χ1v) is 6.82. The molecule has 102 valence electrons. The van der Waals surface area contributed by atoms with Gasteiger partial charge in [0.05, 0.1) is 16.3 Å². The van der Waals surface area contributed by atoms with E-state index in [-0.39, 0.29) is 12.1 Å². The second kappa shape index (κ2) is 5.25. The van der Waals surface area contributed by atoms with Crippen molar-refractivity contribution in [3.8, 4) is 0 Å². The van der Waals surface area contributed by atoms with E-state index in [0.717, 1.165) is 10.2 Å². The van der Waals surface area contributed by atoms with Gasteiger partial charge in [0.2, 0.25) is 0 Å². The molecule has 0 aliphatic heterocycles. The van der Waals surface area contributed by atoms with Crippen molar-refractivity contribution < 1.29 is 4.79 Å². The lowest BCUT2D eigenvalue weighted by molar-refractivity contribution is 0.249. The average molecular weight is 288 g/mol. The van der Waals surface area contributed by atoms with Crippen LogP contribution in [-0.4, -0.2) is 26.2 Å². The SMILES string of the molecule is CC(NC(=O)Nc1nc2ccccc2s1)c1ncn[nH]1. The van der Waals surface area contributed by atoms with Crippen LogP contribution in [0.25, 0.3) is 10.2 Å². The van der Waals surface area contributed by atoms with Crippen LogP contribution in [0.3, 0.4) is 0 Å². The molecule has 2 amide bonds. The smallest absolute Gasteiger partial charge is 0.321 e. The van der Waals surface area contributed by atoms with E-state index in [1.165, 1.54) is 17.7 Å². The maximum absolute atomic E-state index is 11.9. The number of carbonyl (C=O) groups is 1. The van der Waals surface area contributed by atoms with Gasteiger partial charge >= 0.3 is 6.03 Å². The van der Waals surface area contributed by atoms with Crippen molar-refractivity contribution in [1.82, 2.24) is 25.5 Å². The van der Waals surface area contributed by atoms with E-state index < -0.39 is 0 Å². The zero-order chi connectivity index (χ0) is 13.9. The maximum atomic E-state index is 11.9. The Morgan fingerprint density at radius 2 is 2.25 bits per heavy atom. The molecule has 0 radical (unpaired) electrons. The number of benzene rings is 1. The van der Waals surface area contributed by atoms with Gasteiger partial charge in [0, 0.05) is 0 Å². The van der Waals surface area contributed by atoms with Crippen LogP contribution in [0, 0.1) is 0 Å². The largest absolute Gasteiger partial charge is 0.328 e. The predicted molar refractivity (Wildman–Crippen MR) is 76.6 cm³/mol. The number of para-hydroxylation sites is 1. The highest BCUT2D eigenvalue weighted by Crippen LogP contribution is 2.25. The molecule has 0 bridgehead atoms. The molecule has 3 N–H and O–H groups in total. The number of thiazole rings is 1. The molecular weight excluding hydrogens is 276 g/mol. The fourth-order valence-corrected chi connectivity index (χ4v) is 2.61. The third kappa shape index (κ3) is 2.59. The third-order valence-electron chi connectivity index (χ3n) is 2.71. The second-order valence-electron chi connectivity index (χ2n) is 4.18. The molecule has 0 saturated carbocycles. The van der Waals surface area contributed by atoms with Crippen LogP contribution in [0.4, 0.5) is 9.93 Å². The van der Waals surface area contributed by atoms with Crippen LogP contribution in [0.15, 0.2) is 30.6 Å². The summed E-state index contributed by atoms with van der Waals surface area (Å²) in [5, 5.41) is 12.5. The quantitative estimate of drug-likeness (QED) is 0.689. The molecule has 0 aliphatic rings. The Morgan fingerprint density at radius 1 is 1.40 bits per heavy atom. The third-order valence-corrected chi connectivity index (χ3v) is 3.66. The van der Waals surface area contributed by atoms with Crippen molar-refractivity contribution in [3.63, 3.8) is 0 Å². The standard InChI is InChI=1S/C12H12N6OS/c1-7(10-13-6-14-18-10)15-11(19)17-12-16-8-4-2-3-5-9(8)20-12/h2-7H,1H3,(H,13,14,18)(H2,15,16,17,19). The molecule has 1 atom stereocenters. The number of aromatic amines is 1. The lowest BCUT2D eigenvalue weighted by Gasteiger charge is -2.10. The number of H-pyrrole nitrogens is 1. The van der Waals surface area contributed by atoms with Crippen molar-refractivity contribution in [2.75, 3.05) is 5.32 Å². The van der Waals surface area contributed by atoms with Crippen molar-refractivity contribution in [2.45, 2.75) is 13.0 Å². The molecule has 0 fully saturated rings. The van der Waals surface area contributed by atoms with Gasteiger partial charge in [0.1, 0.15) is 12.2 Å². The van der Waals surface area contributed by atoms with Crippen LogP contribution < -0.4 is 10.6 Å². The molecule has 0 spiro atoms. The van der Waals surface area contributed by atoms with Gasteiger partial charge in [-0.1, -0.05) is 23.5 Å². The first kappa shape index (κ1) is 12.5. The molecule has 1 unspecified atom stereocenters. The minimum absolute atomic E-state index is 0.258. The summed E-state index contributed by atoms with van der Waals surface area (Å²) in [5.41, 5.74) is 0.871. The van der Waals surface area contributed by atoms with Crippen molar-refractivity contribution in [2.24, 2.45) is 0 Å². The first-order valence-electron chi connectivity index (χ1n) is 6.01. The van der Waals surface area contributed by atoms with Crippen LogP contribution in [0.2, 0.25) is 0 Å². The Morgan fingerprint density at radius 3 is 3.00 bits per heavy atom. The van der Waals surface area contributed by atoms with E-state index in [1.54, 1.807) is 0 Å². The van der Waals surface area contributed by atoms with Gasteiger partial charge in [-0.2, -0.15) is 5.10 Å². The van der Waals surface area contributed by atoms with E-state index >= 15 is 0 Å². The number of carbonyl (C=O) groups excluding carboxylic acids is 1. The van der Waals surface area contributed by atoms with Gasteiger partial charge in [-0.25, -0.2) is 14.8 Å². The summed E-state index contributed by atoms with van der Waals surface area (Å²) in [7, 11) is 0. The summed E-state index contributed by atoms with van der Waals surface area (Å²) in [4.78, 5) is 20.2. The Labute approximate surface area is 118 Å². The summed E-state index contributed by atoms with van der Waals surface area (Å²) >= 11 is 1.43. The number of urea groups is 1. The van der Waals surface area contributed by atoms with Gasteiger partial charge < -0.3 is 5.32 Å². The molecular formula is C12H12N6OS. The number of amides is 2. The lowest BCUT2D eigenvalue weighted by atomic mass is 10.3. The molecule has 1 aromatic carbocycles. The Kier molecular flexibility index (Phi) is 3.30. The summed E-state index contributed by atoms with van der Waals surface area (Å²) in [6, 6.07) is 7.15. The summed E-state index contributed by atoms with van der Waals surface area (Å²) < 4.78 is 1.03. The molecule has 0 saturated heterocycles. The fraction of sp³-hybridized carbons (Fsp3) is 0.167. The van der Waals surface area contributed by atoms with Gasteiger partial charge in [-0.15, -0.1) is 0 Å². The summed E-state index contributed by atoms with van der Waals surface area (Å²) in [6.45, 7) is 1.82. The van der Waals surface area contributed by atoms with Crippen molar-refractivity contribution in [1.29, 1.82) is 0 Å². The van der Waals surface area contributed by atoms with E-state index in [1.807, 2.05) is 31.2 Å². The van der Waals surface area contributed by atoms with Gasteiger partial charge in [-0.3, -0.25) is 10.4 Å². The van der Waals surface area contributed by atoms with Crippen molar-refractivity contribution >= 4 is 32.7 Å². The Hall–Kier alpha value is -2.48. The van der Waals surface area contributed by atoms with E-state index in [4.69, 9.17) is 0 Å². The summed E-state index contributed by atoms with van der Waals surface area (Å²) in [5.74, 6) is 0.601. The summed E-state index contributed by atoms with van der Waals surface area (Å²) in [6.07, 6.45) is 1.40. The highest BCUT2D eigenvalue weighted by atomic mass is 32.1. The van der Waals surface area contributed by atoms with Gasteiger partial charge in [0.25, 0.3) is 0 Å². The molecule has 7 nitrogen and oxygen atoms in total. The van der Waals surface area contributed by atoms with Gasteiger partial charge in [-0.05, 0) is 19.1 Å². The van der Waals surface area contributed by atoms with Crippen LogP contribution in [0.1, 0.15) is 18.8 Å². The molecule has 20 heavy (non-hydrogen) atoms. The van der Waals surface area contributed by atoms with Gasteiger partial charge in [0.15, 0.2) is 5.13 Å². The van der Waals surface area contributed by atoms with Crippen LogP contribution in [-0.2, 0) is 0 Å². The zero-order valence-corrected chi connectivity index (χ0v) is 11.4.